The van der Waals surface area contributed by atoms with Crippen LogP contribution in [-0.4, -0.2) is 69.8 Å². The molecule has 10 nitrogen and oxygen atoms in total. The van der Waals surface area contributed by atoms with E-state index in [2.05, 4.69) is 5.32 Å². The number of hydrogen-bond donors (Lipinski definition) is 3. The minimum absolute atomic E-state index is 0.0361. The maximum Gasteiger partial charge on any atom is 0.341 e. The van der Waals surface area contributed by atoms with Gasteiger partial charge in [0.05, 0.1) is 13.2 Å². The van der Waals surface area contributed by atoms with Gasteiger partial charge in [-0.25, -0.2) is 4.79 Å². The van der Waals surface area contributed by atoms with Crippen LogP contribution < -0.4 is 10.7 Å². The van der Waals surface area contributed by atoms with Gasteiger partial charge < -0.3 is 29.7 Å². The fourth-order valence-electron chi connectivity index (χ4n) is 3.95. The van der Waals surface area contributed by atoms with E-state index in [0.717, 1.165) is 38.3 Å². The standard InChI is InChI=1S/C19H25N3O7/c1-29-8-7-22-13(17(25)20-11-5-3-2-4-6-11)10-21-9-12(19(27)28)15(23)16(24)14(21)18(22)26/h9,11,13,24H,2-8,10H2,1H3,(H,20,25)(H,27,28)/t13-/m1/s1. The van der Waals surface area contributed by atoms with Gasteiger partial charge in [-0.05, 0) is 12.8 Å². The molecule has 1 fully saturated rings. The number of aromatic carboxylic acids is 1. The topological polar surface area (TPSA) is 138 Å². The molecule has 1 aromatic heterocycles. The number of nitrogens with one attached hydrogen (secondary N) is 1. The first-order valence-electron chi connectivity index (χ1n) is 9.65. The predicted octanol–water partition coefficient (Wildman–Crippen LogP) is 0.172. The van der Waals surface area contributed by atoms with Gasteiger partial charge in [0.2, 0.25) is 11.3 Å². The normalized spacial score (nSPS) is 19.7. The van der Waals surface area contributed by atoms with E-state index in [1.165, 1.54) is 16.6 Å². The molecule has 2 aliphatic rings. The predicted molar refractivity (Wildman–Crippen MR) is 101 cm³/mol. The third-order valence-electron chi connectivity index (χ3n) is 5.49. The molecule has 10 heteroatoms. The number of hydrogen-bond acceptors (Lipinski definition) is 6. The number of carboxylic acids is 1. The van der Waals surface area contributed by atoms with E-state index in [1.54, 1.807) is 0 Å². The number of amides is 2. The largest absolute Gasteiger partial charge is 0.503 e. The maximum absolute atomic E-state index is 13.0. The molecule has 158 valence electrons. The number of nitrogens with zero attached hydrogens (tertiary/aromatic N) is 2. The van der Waals surface area contributed by atoms with Crippen molar-refractivity contribution in [2.24, 2.45) is 0 Å². The fourth-order valence-corrected chi connectivity index (χ4v) is 3.95. The summed E-state index contributed by atoms with van der Waals surface area (Å²) in [7, 11) is 1.46. The summed E-state index contributed by atoms with van der Waals surface area (Å²) >= 11 is 0. The van der Waals surface area contributed by atoms with Crippen molar-refractivity contribution in [3.05, 3.63) is 27.7 Å². The monoisotopic (exact) mass is 407 g/mol. The van der Waals surface area contributed by atoms with Crippen molar-refractivity contribution >= 4 is 17.8 Å². The SMILES string of the molecule is COCCN1C(=O)c2c(O)c(=O)c(C(=O)O)cn2C[C@@H]1C(=O)NC1CCCCC1. The smallest absolute Gasteiger partial charge is 0.341 e. The highest BCUT2D eigenvalue weighted by molar-refractivity contribution is 6.00. The lowest BCUT2D eigenvalue weighted by molar-refractivity contribution is -0.127. The minimum Gasteiger partial charge on any atom is -0.503 e. The lowest BCUT2D eigenvalue weighted by atomic mass is 9.95. The average molecular weight is 407 g/mol. The first-order chi connectivity index (χ1) is 13.8. The molecular formula is C19H25N3O7. The lowest BCUT2D eigenvalue weighted by Crippen LogP contribution is -2.58. The molecule has 3 N–H and O–H groups in total. The number of aromatic hydroxyl groups is 1. The molecule has 0 radical (unpaired) electrons. The third kappa shape index (κ3) is 4.12. The van der Waals surface area contributed by atoms with Gasteiger partial charge in [0.15, 0.2) is 11.4 Å². The Labute approximate surface area is 167 Å². The fraction of sp³-hybridized carbons (Fsp3) is 0.579. The van der Waals surface area contributed by atoms with Crippen LogP contribution >= 0.6 is 0 Å². The van der Waals surface area contributed by atoms with Crippen LogP contribution in [0.2, 0.25) is 0 Å². The van der Waals surface area contributed by atoms with E-state index >= 15 is 0 Å². The zero-order valence-corrected chi connectivity index (χ0v) is 16.2. The number of rotatable bonds is 6. The van der Waals surface area contributed by atoms with Crippen molar-refractivity contribution in [1.29, 1.82) is 0 Å². The van der Waals surface area contributed by atoms with Crippen molar-refractivity contribution in [3.63, 3.8) is 0 Å². The Hall–Kier alpha value is -2.88. The van der Waals surface area contributed by atoms with Crippen LogP contribution in [0, 0.1) is 0 Å². The van der Waals surface area contributed by atoms with Crippen LogP contribution in [0.1, 0.15) is 53.0 Å². The maximum atomic E-state index is 13.0. The number of methoxy groups -OCH3 is 1. The van der Waals surface area contributed by atoms with E-state index in [-0.39, 0.29) is 37.3 Å². The molecule has 1 aromatic rings. The molecule has 0 unspecified atom stereocenters. The summed E-state index contributed by atoms with van der Waals surface area (Å²) in [4.78, 5) is 50.7. The quantitative estimate of drug-likeness (QED) is 0.611. The summed E-state index contributed by atoms with van der Waals surface area (Å²) in [6.07, 6.45) is 5.94. The van der Waals surface area contributed by atoms with Gasteiger partial charge >= 0.3 is 5.97 Å². The van der Waals surface area contributed by atoms with Gasteiger partial charge in [0, 0.05) is 25.9 Å². The molecule has 3 rings (SSSR count). The minimum atomic E-state index is -1.52. The second-order valence-corrected chi connectivity index (χ2v) is 7.38. The molecule has 2 amide bonds. The van der Waals surface area contributed by atoms with Gasteiger partial charge in [-0.3, -0.25) is 14.4 Å². The number of aromatic nitrogens is 1. The summed E-state index contributed by atoms with van der Waals surface area (Å²) in [6.45, 7) is 0.182. The summed E-state index contributed by atoms with van der Waals surface area (Å²) in [5.74, 6) is -3.51. The van der Waals surface area contributed by atoms with E-state index in [9.17, 15) is 29.4 Å². The molecule has 1 aliphatic heterocycles. The van der Waals surface area contributed by atoms with Crippen molar-refractivity contribution in [2.75, 3.05) is 20.3 Å². The average Bonchev–Trinajstić information content (AvgIpc) is 2.70. The number of carbonyl (C=O) groups is 3. The second-order valence-electron chi connectivity index (χ2n) is 7.38. The van der Waals surface area contributed by atoms with Crippen LogP contribution in [0.4, 0.5) is 0 Å². The van der Waals surface area contributed by atoms with Crippen molar-refractivity contribution < 1.29 is 29.3 Å². The summed E-state index contributed by atoms with van der Waals surface area (Å²) in [6, 6.07) is -0.871. The Morgan fingerprint density at radius 2 is 1.93 bits per heavy atom. The molecule has 0 bridgehead atoms. The number of carbonyl (C=O) groups excluding carboxylic acids is 2. The van der Waals surface area contributed by atoms with E-state index in [1.807, 2.05) is 0 Å². The first kappa shape index (κ1) is 20.8. The zero-order chi connectivity index (χ0) is 21.1. The molecule has 1 atom stereocenters. The van der Waals surface area contributed by atoms with Gasteiger partial charge in [0.1, 0.15) is 11.6 Å². The van der Waals surface area contributed by atoms with Crippen LogP contribution in [0.15, 0.2) is 11.0 Å². The molecular weight excluding hydrogens is 382 g/mol. The Bertz CT molecular complexity index is 873. The number of pyridine rings is 1. The molecule has 0 spiro atoms. The van der Waals surface area contributed by atoms with Gasteiger partial charge in [-0.1, -0.05) is 19.3 Å². The van der Waals surface area contributed by atoms with Gasteiger partial charge in [0.25, 0.3) is 5.91 Å². The number of fused-ring (bicyclic) bond motifs is 1. The summed E-state index contributed by atoms with van der Waals surface area (Å²) in [5, 5.41) is 22.4. The summed E-state index contributed by atoms with van der Waals surface area (Å²) < 4.78 is 6.21. The van der Waals surface area contributed by atoms with Crippen molar-refractivity contribution in [3.8, 4) is 5.75 Å². The Kier molecular flexibility index (Phi) is 6.21. The van der Waals surface area contributed by atoms with E-state index in [0.29, 0.717) is 0 Å². The van der Waals surface area contributed by atoms with Crippen molar-refractivity contribution in [1.82, 2.24) is 14.8 Å². The van der Waals surface area contributed by atoms with E-state index < -0.39 is 34.7 Å². The van der Waals surface area contributed by atoms with Crippen LogP contribution in [0.25, 0.3) is 0 Å². The summed E-state index contributed by atoms with van der Waals surface area (Å²) in [5.41, 5.74) is -2.11. The Morgan fingerprint density at radius 3 is 2.55 bits per heavy atom. The molecule has 1 aliphatic carbocycles. The lowest BCUT2D eigenvalue weighted by Gasteiger charge is -2.37. The molecule has 0 saturated heterocycles. The molecule has 2 heterocycles. The second kappa shape index (κ2) is 8.64. The zero-order valence-electron chi connectivity index (χ0n) is 16.2. The van der Waals surface area contributed by atoms with Crippen LogP contribution in [0.3, 0.4) is 0 Å². The Balaban J connectivity index is 1.96. The van der Waals surface area contributed by atoms with E-state index in [4.69, 9.17) is 4.74 Å². The van der Waals surface area contributed by atoms with Crippen molar-refractivity contribution in [2.45, 2.75) is 50.7 Å². The third-order valence-corrected chi connectivity index (χ3v) is 5.49. The molecule has 29 heavy (non-hydrogen) atoms. The van der Waals surface area contributed by atoms with Crippen LogP contribution in [-0.2, 0) is 16.1 Å². The highest BCUT2D eigenvalue weighted by Gasteiger charge is 2.40. The number of carboxylic acid groups (broad SMARTS) is 1. The molecule has 0 aromatic carbocycles. The highest BCUT2D eigenvalue weighted by Crippen LogP contribution is 2.25. The number of ether oxygens (including phenoxy) is 1. The van der Waals surface area contributed by atoms with Gasteiger partial charge in [-0.15, -0.1) is 0 Å². The Morgan fingerprint density at radius 1 is 1.24 bits per heavy atom. The van der Waals surface area contributed by atoms with Crippen LogP contribution in [0.5, 0.6) is 5.75 Å². The molecule has 1 saturated carbocycles. The van der Waals surface area contributed by atoms with Gasteiger partial charge in [-0.2, -0.15) is 0 Å². The first-order valence-corrected chi connectivity index (χ1v) is 9.65. The highest BCUT2D eigenvalue weighted by atomic mass is 16.5.